The highest BCUT2D eigenvalue weighted by Crippen LogP contribution is 2.27. The lowest BCUT2D eigenvalue weighted by molar-refractivity contribution is -0.131. The average Bonchev–Trinajstić information content (AvgIpc) is 2.83. The topological polar surface area (TPSA) is 139 Å². The monoisotopic (exact) mass is 494 g/mol. The van der Waals surface area contributed by atoms with Crippen LogP contribution in [0.15, 0.2) is 82.8 Å². The molecule has 0 aromatic heterocycles. The normalized spacial score (nSPS) is 12.1. The zero-order valence-electron chi connectivity index (χ0n) is 19.8. The summed E-state index contributed by atoms with van der Waals surface area (Å²) in [5, 5.41) is 17.3. The lowest BCUT2D eigenvalue weighted by Gasteiger charge is -2.25. The van der Waals surface area contributed by atoms with Gasteiger partial charge in [0.2, 0.25) is 15.9 Å². The molecule has 0 spiro atoms. The van der Waals surface area contributed by atoms with Gasteiger partial charge in [0.05, 0.1) is 11.3 Å². The van der Waals surface area contributed by atoms with E-state index in [4.69, 9.17) is 16.1 Å². The molecule has 0 saturated carbocycles. The second-order valence-corrected chi connectivity index (χ2v) is 10.3. The molecule has 35 heavy (non-hydrogen) atoms. The summed E-state index contributed by atoms with van der Waals surface area (Å²) < 4.78 is 23.9. The van der Waals surface area contributed by atoms with Gasteiger partial charge in [-0.2, -0.15) is 0 Å². The number of sulfonamides is 1. The van der Waals surface area contributed by atoms with E-state index in [1.165, 1.54) is 6.07 Å². The van der Waals surface area contributed by atoms with Crippen LogP contribution in [-0.4, -0.2) is 36.8 Å². The fourth-order valence-corrected chi connectivity index (χ4v) is 4.60. The van der Waals surface area contributed by atoms with Crippen LogP contribution >= 0.6 is 0 Å². The summed E-state index contributed by atoms with van der Waals surface area (Å²) in [5.74, 6) is 0.242. The summed E-state index contributed by atoms with van der Waals surface area (Å²) >= 11 is 0. The Morgan fingerprint density at radius 1 is 1.00 bits per heavy atom. The smallest absolute Gasteiger partial charge is 0.238 e. The van der Waals surface area contributed by atoms with E-state index in [9.17, 15) is 13.2 Å². The number of hydrogen-bond donors (Lipinski definition) is 3. The van der Waals surface area contributed by atoms with E-state index in [-0.39, 0.29) is 29.0 Å². The third kappa shape index (κ3) is 6.91. The van der Waals surface area contributed by atoms with Gasteiger partial charge in [-0.25, -0.2) is 13.6 Å². The highest BCUT2D eigenvalue weighted by atomic mass is 32.2. The molecule has 0 unspecified atom stereocenters. The predicted molar refractivity (Wildman–Crippen MR) is 136 cm³/mol. The number of primary sulfonamides is 1. The van der Waals surface area contributed by atoms with Crippen molar-refractivity contribution in [1.29, 1.82) is 0 Å². The summed E-state index contributed by atoms with van der Waals surface area (Å²) in [5.41, 5.74) is 9.18. The van der Waals surface area contributed by atoms with Crippen molar-refractivity contribution < 1.29 is 18.4 Å². The van der Waals surface area contributed by atoms with Crippen LogP contribution < -0.4 is 10.9 Å². The lowest BCUT2D eigenvalue weighted by Crippen LogP contribution is -2.35. The number of oxime groups is 1. The number of amides is 1. The zero-order chi connectivity index (χ0) is 25.6. The van der Waals surface area contributed by atoms with Gasteiger partial charge in [0.1, 0.15) is 0 Å². The molecular weight excluding hydrogens is 464 g/mol. The molecule has 0 bridgehead atoms. The molecule has 0 saturated heterocycles. The third-order valence-electron chi connectivity index (χ3n) is 5.46. The summed E-state index contributed by atoms with van der Waals surface area (Å²) in [4.78, 5) is 15.1. The molecule has 0 aliphatic heterocycles. The maximum Gasteiger partial charge on any atom is 0.238 e. The Morgan fingerprint density at radius 3 is 2.31 bits per heavy atom. The molecule has 0 fully saturated rings. The molecule has 9 heteroatoms. The molecule has 0 aliphatic carbocycles. The molecule has 8 nitrogen and oxygen atoms in total. The minimum atomic E-state index is -3.86. The van der Waals surface area contributed by atoms with Gasteiger partial charge in [-0.1, -0.05) is 79.7 Å². The number of carbonyl (C=O) groups is 1. The van der Waals surface area contributed by atoms with Crippen LogP contribution in [0.3, 0.4) is 0 Å². The van der Waals surface area contributed by atoms with Gasteiger partial charge in [-0.15, -0.1) is 0 Å². The molecule has 5 N–H and O–H groups in total. The van der Waals surface area contributed by atoms with Gasteiger partial charge in [-0.3, -0.25) is 4.79 Å². The first kappa shape index (κ1) is 25.9. The molecular formula is C26H30N4O4S. The second kappa shape index (κ2) is 11.2. The highest BCUT2D eigenvalue weighted by Gasteiger charge is 2.18. The SMILES string of the molecule is CC(C)CN(Cc1cccc(C(N)=NO)c1)C(=O)Cc1ccc(-c2ccccc2S(N)(=O)=O)cc1. The van der Waals surface area contributed by atoms with Crippen molar-refractivity contribution in [2.24, 2.45) is 21.9 Å². The van der Waals surface area contributed by atoms with Crippen LogP contribution in [0.4, 0.5) is 0 Å². The Balaban J connectivity index is 1.79. The van der Waals surface area contributed by atoms with E-state index in [0.29, 0.717) is 29.8 Å². The molecule has 0 heterocycles. The Morgan fingerprint density at radius 2 is 1.69 bits per heavy atom. The van der Waals surface area contributed by atoms with E-state index in [2.05, 4.69) is 5.16 Å². The van der Waals surface area contributed by atoms with E-state index in [1.807, 2.05) is 32.0 Å². The first-order valence-electron chi connectivity index (χ1n) is 11.1. The van der Waals surface area contributed by atoms with Crippen molar-refractivity contribution >= 4 is 21.8 Å². The number of hydrogen-bond acceptors (Lipinski definition) is 5. The minimum absolute atomic E-state index is 0.0117. The number of benzene rings is 3. The van der Waals surface area contributed by atoms with Crippen LogP contribution in [0.1, 0.15) is 30.5 Å². The summed E-state index contributed by atoms with van der Waals surface area (Å²) in [6.45, 7) is 5.06. The summed E-state index contributed by atoms with van der Waals surface area (Å²) in [6.07, 6.45) is 0.198. The second-order valence-electron chi connectivity index (χ2n) is 8.77. The largest absolute Gasteiger partial charge is 0.409 e. The standard InChI is InChI=1S/C26H30N4O4S/c1-18(2)16-30(17-20-6-5-7-22(14-20)26(27)29-32)25(31)15-19-10-12-21(13-11-19)23-8-3-4-9-24(23)35(28,33)34/h3-14,18,32H,15-17H2,1-2H3,(H2,27,29)(H2,28,33,34). The van der Waals surface area contributed by atoms with Crippen LogP contribution in [-0.2, 0) is 27.8 Å². The fourth-order valence-electron chi connectivity index (χ4n) is 3.84. The maximum atomic E-state index is 13.2. The van der Waals surface area contributed by atoms with Crippen LogP contribution in [0.25, 0.3) is 11.1 Å². The number of amidine groups is 1. The molecule has 184 valence electrons. The third-order valence-corrected chi connectivity index (χ3v) is 6.43. The van der Waals surface area contributed by atoms with E-state index in [1.54, 1.807) is 53.4 Å². The van der Waals surface area contributed by atoms with Crippen molar-refractivity contribution in [3.05, 3.63) is 89.5 Å². The van der Waals surface area contributed by atoms with E-state index >= 15 is 0 Å². The molecule has 1 amide bonds. The van der Waals surface area contributed by atoms with Gasteiger partial charge in [-0.05, 0) is 34.7 Å². The van der Waals surface area contributed by atoms with Gasteiger partial charge in [0.25, 0.3) is 0 Å². The van der Waals surface area contributed by atoms with E-state index in [0.717, 1.165) is 11.1 Å². The Bertz CT molecular complexity index is 1320. The van der Waals surface area contributed by atoms with Crippen molar-refractivity contribution in [3.8, 4) is 11.1 Å². The Labute approximate surface area is 205 Å². The van der Waals surface area contributed by atoms with Gasteiger partial charge < -0.3 is 15.8 Å². The van der Waals surface area contributed by atoms with Crippen LogP contribution in [0.2, 0.25) is 0 Å². The number of nitrogens with two attached hydrogens (primary N) is 2. The van der Waals surface area contributed by atoms with Crippen LogP contribution in [0, 0.1) is 5.92 Å². The quantitative estimate of drug-likeness (QED) is 0.181. The van der Waals surface area contributed by atoms with Crippen LogP contribution in [0.5, 0.6) is 0 Å². The highest BCUT2D eigenvalue weighted by molar-refractivity contribution is 7.89. The molecule has 3 aromatic rings. The summed E-state index contributed by atoms with van der Waals surface area (Å²) in [6, 6.07) is 21.0. The van der Waals surface area contributed by atoms with Gasteiger partial charge >= 0.3 is 0 Å². The van der Waals surface area contributed by atoms with Gasteiger partial charge in [0, 0.05) is 24.2 Å². The number of nitrogens with zero attached hydrogens (tertiary/aromatic N) is 2. The Kier molecular flexibility index (Phi) is 8.26. The first-order valence-corrected chi connectivity index (χ1v) is 12.7. The van der Waals surface area contributed by atoms with Crippen molar-refractivity contribution in [1.82, 2.24) is 4.90 Å². The average molecular weight is 495 g/mol. The van der Waals surface area contributed by atoms with Crippen molar-refractivity contribution in [3.63, 3.8) is 0 Å². The molecule has 0 atom stereocenters. The number of rotatable bonds is 9. The molecule has 0 radical (unpaired) electrons. The molecule has 0 aliphatic rings. The first-order chi connectivity index (χ1) is 16.6. The molecule has 3 aromatic carbocycles. The number of carbonyl (C=O) groups excluding carboxylic acids is 1. The van der Waals surface area contributed by atoms with Gasteiger partial charge in [0.15, 0.2) is 5.84 Å². The Hall–Kier alpha value is -3.69. The molecule has 3 rings (SSSR count). The summed E-state index contributed by atoms with van der Waals surface area (Å²) in [7, 11) is -3.86. The predicted octanol–water partition coefficient (Wildman–Crippen LogP) is 3.32. The van der Waals surface area contributed by atoms with Crippen molar-refractivity contribution in [2.45, 2.75) is 31.7 Å². The lowest BCUT2D eigenvalue weighted by atomic mass is 10.0. The van der Waals surface area contributed by atoms with Crippen molar-refractivity contribution in [2.75, 3.05) is 6.54 Å². The fraction of sp³-hybridized carbons (Fsp3) is 0.231. The maximum absolute atomic E-state index is 13.2. The minimum Gasteiger partial charge on any atom is -0.409 e. The zero-order valence-corrected chi connectivity index (χ0v) is 20.6. The van der Waals surface area contributed by atoms with E-state index < -0.39 is 10.0 Å².